The summed E-state index contributed by atoms with van der Waals surface area (Å²) < 4.78 is 11.1. The molecule has 0 radical (unpaired) electrons. The van der Waals surface area contributed by atoms with Gasteiger partial charge in [-0.15, -0.1) is 0 Å². The number of nitro groups is 1. The molecule has 0 aromatic heterocycles. The van der Waals surface area contributed by atoms with E-state index in [0.29, 0.717) is 29.4 Å². The van der Waals surface area contributed by atoms with Crippen LogP contribution in [0.4, 0.5) is 11.4 Å². The number of hydrogen-bond donors (Lipinski definition) is 1. The molecule has 1 unspecified atom stereocenters. The molecule has 3 aromatic rings. The first kappa shape index (κ1) is 24.3. The third kappa shape index (κ3) is 6.18. The monoisotopic (exact) mass is 474 g/mol. The third-order valence-corrected chi connectivity index (χ3v) is 6.33. The molecule has 3 aromatic carbocycles. The molecular formula is C28H30N2O5. The number of para-hydroxylation sites is 1. The number of benzene rings is 3. The maximum atomic E-state index is 12.4. The quantitative estimate of drug-likeness (QED) is 0.199. The average Bonchev–Trinajstić information content (AvgIpc) is 2.88. The summed E-state index contributed by atoms with van der Waals surface area (Å²) in [5.41, 5.74) is 1.75. The summed E-state index contributed by atoms with van der Waals surface area (Å²) in [6, 6.07) is 21.2. The van der Waals surface area contributed by atoms with Crippen LogP contribution in [0.15, 0.2) is 72.8 Å². The number of hydrogen-bond acceptors (Lipinski definition) is 6. The Morgan fingerprint density at radius 3 is 2.49 bits per heavy atom. The molecule has 4 rings (SSSR count). The summed E-state index contributed by atoms with van der Waals surface area (Å²) in [6.07, 6.45) is 5.43. The van der Waals surface area contributed by atoms with Gasteiger partial charge in [-0.3, -0.25) is 10.1 Å². The van der Waals surface area contributed by atoms with Crippen molar-refractivity contribution in [1.82, 2.24) is 0 Å². The minimum Gasteiger partial charge on any atom is -0.462 e. The normalized spacial score (nSPS) is 14.7. The van der Waals surface area contributed by atoms with Crippen LogP contribution in [0.5, 0.6) is 11.5 Å². The van der Waals surface area contributed by atoms with E-state index in [9.17, 15) is 14.9 Å². The van der Waals surface area contributed by atoms with Gasteiger partial charge in [-0.1, -0.05) is 49.6 Å². The van der Waals surface area contributed by atoms with E-state index in [1.54, 1.807) is 25.1 Å². The van der Waals surface area contributed by atoms with Crippen molar-refractivity contribution in [3.05, 3.63) is 94.0 Å². The lowest BCUT2D eigenvalue weighted by atomic mass is 9.80. The molecule has 1 saturated carbocycles. The molecule has 1 atom stereocenters. The summed E-state index contributed by atoms with van der Waals surface area (Å²) >= 11 is 0. The number of esters is 1. The second-order valence-electron chi connectivity index (χ2n) is 8.72. The van der Waals surface area contributed by atoms with E-state index in [2.05, 4.69) is 5.32 Å². The number of nitrogens with one attached hydrogen (secondary N) is 1. The van der Waals surface area contributed by atoms with Crippen molar-refractivity contribution in [3.63, 3.8) is 0 Å². The van der Waals surface area contributed by atoms with Crippen LogP contribution in [-0.2, 0) is 4.74 Å². The minimum atomic E-state index is -0.387. The van der Waals surface area contributed by atoms with E-state index < -0.39 is 0 Å². The second kappa shape index (κ2) is 11.5. The number of carbonyl (C=O) groups excluding carboxylic acids is 1. The summed E-state index contributed by atoms with van der Waals surface area (Å²) in [4.78, 5) is 23.8. The van der Waals surface area contributed by atoms with Crippen LogP contribution in [0.3, 0.4) is 0 Å². The zero-order chi connectivity index (χ0) is 24.6. The average molecular weight is 475 g/mol. The molecule has 1 aliphatic carbocycles. The standard InChI is InChI=1S/C28H30N2O5/c1-2-34-28(31)22-13-9-12-21(18-22)27(20-10-5-3-6-11-20)29-25-19-24(16-17-26(25)30(32)33)35-23-14-7-4-8-15-23/h4,7-9,12-20,27,29H,2-3,5-6,10-11H2,1H3. The fourth-order valence-electron chi connectivity index (χ4n) is 4.66. The summed E-state index contributed by atoms with van der Waals surface area (Å²) in [7, 11) is 0. The van der Waals surface area contributed by atoms with Crippen molar-refractivity contribution in [3.8, 4) is 11.5 Å². The van der Waals surface area contributed by atoms with Gasteiger partial charge in [0, 0.05) is 12.1 Å². The predicted molar refractivity (Wildman–Crippen MR) is 135 cm³/mol. The number of ether oxygens (including phenoxy) is 2. The van der Waals surface area contributed by atoms with Gasteiger partial charge in [0.1, 0.15) is 17.2 Å². The maximum absolute atomic E-state index is 12.4. The molecule has 0 spiro atoms. The SMILES string of the molecule is CCOC(=O)c1cccc(C(Nc2cc(Oc3ccccc3)ccc2[N+](=O)[O-])C2CCCCC2)c1. The Bertz CT molecular complexity index is 1160. The molecule has 35 heavy (non-hydrogen) atoms. The number of nitrogens with zero attached hydrogens (tertiary/aromatic N) is 1. The van der Waals surface area contributed by atoms with Crippen LogP contribution < -0.4 is 10.1 Å². The lowest BCUT2D eigenvalue weighted by Gasteiger charge is -2.32. The Hall–Kier alpha value is -3.87. The van der Waals surface area contributed by atoms with E-state index >= 15 is 0 Å². The molecular weight excluding hydrogens is 444 g/mol. The van der Waals surface area contributed by atoms with Crippen LogP contribution in [0.2, 0.25) is 0 Å². The van der Waals surface area contributed by atoms with E-state index in [1.807, 2.05) is 48.5 Å². The highest BCUT2D eigenvalue weighted by molar-refractivity contribution is 5.89. The van der Waals surface area contributed by atoms with Crippen LogP contribution in [0.1, 0.15) is 61.0 Å². The molecule has 1 N–H and O–H groups in total. The first-order valence-electron chi connectivity index (χ1n) is 12.1. The fourth-order valence-corrected chi connectivity index (χ4v) is 4.66. The van der Waals surface area contributed by atoms with E-state index in [4.69, 9.17) is 9.47 Å². The first-order chi connectivity index (χ1) is 17.0. The fraction of sp³-hybridized carbons (Fsp3) is 0.321. The highest BCUT2D eigenvalue weighted by Gasteiger charge is 2.28. The van der Waals surface area contributed by atoms with Gasteiger partial charge in [-0.25, -0.2) is 4.79 Å². The number of anilines is 1. The molecule has 7 nitrogen and oxygen atoms in total. The van der Waals surface area contributed by atoms with Crippen molar-refractivity contribution in [2.24, 2.45) is 5.92 Å². The van der Waals surface area contributed by atoms with Crippen molar-refractivity contribution in [1.29, 1.82) is 0 Å². The highest BCUT2D eigenvalue weighted by Crippen LogP contribution is 2.40. The van der Waals surface area contributed by atoms with Gasteiger partial charge in [0.25, 0.3) is 5.69 Å². The van der Waals surface area contributed by atoms with Crippen molar-refractivity contribution in [2.75, 3.05) is 11.9 Å². The Morgan fingerprint density at radius 1 is 1.00 bits per heavy atom. The number of nitro benzene ring substituents is 1. The predicted octanol–water partition coefficient (Wildman–Crippen LogP) is 7.30. The lowest BCUT2D eigenvalue weighted by Crippen LogP contribution is -2.24. The van der Waals surface area contributed by atoms with Crippen molar-refractivity contribution in [2.45, 2.75) is 45.1 Å². The van der Waals surface area contributed by atoms with Crippen molar-refractivity contribution < 1.29 is 19.2 Å². The van der Waals surface area contributed by atoms with E-state index in [-0.39, 0.29) is 28.5 Å². The Morgan fingerprint density at radius 2 is 1.77 bits per heavy atom. The lowest BCUT2D eigenvalue weighted by molar-refractivity contribution is -0.384. The molecule has 7 heteroatoms. The smallest absolute Gasteiger partial charge is 0.338 e. The Labute approximate surface area is 205 Å². The van der Waals surface area contributed by atoms with E-state index in [1.165, 1.54) is 12.5 Å². The van der Waals surface area contributed by atoms with Crippen molar-refractivity contribution >= 4 is 17.3 Å². The minimum absolute atomic E-state index is 0.0206. The summed E-state index contributed by atoms with van der Waals surface area (Å²) in [6.45, 7) is 2.07. The van der Waals surface area contributed by atoms with Crippen LogP contribution in [0, 0.1) is 16.0 Å². The van der Waals surface area contributed by atoms with Crippen LogP contribution in [0.25, 0.3) is 0 Å². The molecule has 1 fully saturated rings. The molecule has 0 amide bonds. The van der Waals surface area contributed by atoms with Gasteiger partial charge in [0.2, 0.25) is 0 Å². The van der Waals surface area contributed by atoms with Gasteiger partial charge in [-0.2, -0.15) is 0 Å². The third-order valence-electron chi connectivity index (χ3n) is 6.33. The van der Waals surface area contributed by atoms with Crippen LogP contribution >= 0.6 is 0 Å². The van der Waals surface area contributed by atoms with E-state index in [0.717, 1.165) is 31.2 Å². The van der Waals surface area contributed by atoms with Gasteiger partial charge >= 0.3 is 5.97 Å². The van der Waals surface area contributed by atoms with Gasteiger partial charge in [-0.05, 0) is 61.6 Å². The largest absolute Gasteiger partial charge is 0.462 e. The number of carbonyl (C=O) groups is 1. The van der Waals surface area contributed by atoms with Crippen LogP contribution in [-0.4, -0.2) is 17.5 Å². The molecule has 182 valence electrons. The molecule has 0 bridgehead atoms. The zero-order valence-corrected chi connectivity index (χ0v) is 19.8. The maximum Gasteiger partial charge on any atom is 0.338 e. The van der Waals surface area contributed by atoms with Gasteiger partial charge < -0.3 is 14.8 Å². The summed E-state index contributed by atoms with van der Waals surface area (Å²) in [5.74, 6) is 1.06. The first-order valence-corrected chi connectivity index (χ1v) is 12.1. The Kier molecular flexibility index (Phi) is 7.98. The molecule has 0 aliphatic heterocycles. The molecule has 0 heterocycles. The highest BCUT2D eigenvalue weighted by atomic mass is 16.6. The second-order valence-corrected chi connectivity index (χ2v) is 8.72. The molecule has 0 saturated heterocycles. The summed E-state index contributed by atoms with van der Waals surface area (Å²) in [5, 5.41) is 15.3. The zero-order valence-electron chi connectivity index (χ0n) is 19.8. The number of rotatable bonds is 9. The Balaban J connectivity index is 1.69. The molecule has 1 aliphatic rings. The van der Waals surface area contributed by atoms with Gasteiger partial charge in [0.05, 0.1) is 23.1 Å². The van der Waals surface area contributed by atoms with Gasteiger partial charge in [0.15, 0.2) is 0 Å². The topological polar surface area (TPSA) is 90.7 Å².